The molecule has 5 heteroatoms. The summed E-state index contributed by atoms with van der Waals surface area (Å²) in [5, 5.41) is 22.7. The van der Waals surface area contributed by atoms with Crippen molar-refractivity contribution in [2.24, 2.45) is 4.99 Å². The predicted octanol–water partition coefficient (Wildman–Crippen LogP) is 4.42. The van der Waals surface area contributed by atoms with Crippen molar-refractivity contribution >= 4 is 5.71 Å². The molecule has 0 aliphatic rings. The van der Waals surface area contributed by atoms with E-state index in [4.69, 9.17) is 0 Å². The van der Waals surface area contributed by atoms with E-state index in [1.54, 1.807) is 13.8 Å². The van der Waals surface area contributed by atoms with Crippen molar-refractivity contribution < 1.29 is 14.6 Å². The third kappa shape index (κ3) is 7.79. The molecule has 148 valence electrons. The van der Waals surface area contributed by atoms with E-state index in [0.717, 1.165) is 17.7 Å². The van der Waals surface area contributed by atoms with Gasteiger partial charge in [0.2, 0.25) is 0 Å². The second-order valence-electron chi connectivity index (χ2n) is 6.63. The topological polar surface area (TPSA) is 64.9 Å². The summed E-state index contributed by atoms with van der Waals surface area (Å²) in [6.45, 7) is 9.98. The number of nitrogens with one attached hydrogen (secondary N) is 1. The molecule has 1 rings (SSSR count). The minimum Gasteiger partial charge on any atom is -0.507 e. The number of aromatic hydroxyl groups is 1. The Kier molecular flexibility index (Phi) is 9.51. The van der Waals surface area contributed by atoms with E-state index in [1.807, 2.05) is 45.1 Å². The lowest BCUT2D eigenvalue weighted by Gasteiger charge is -2.12. The molecule has 0 bridgehead atoms. The molecule has 0 aliphatic carbocycles. The van der Waals surface area contributed by atoms with Crippen molar-refractivity contribution in [1.29, 1.82) is 0 Å². The highest BCUT2D eigenvalue weighted by Gasteiger charge is 2.16. The van der Waals surface area contributed by atoms with Crippen molar-refractivity contribution in [3.63, 3.8) is 0 Å². The molecule has 1 aromatic rings. The van der Waals surface area contributed by atoms with Gasteiger partial charge in [0.05, 0.1) is 23.9 Å². The lowest BCUT2D eigenvalue weighted by atomic mass is 9.99. The molecule has 0 saturated carbocycles. The molecule has 0 fully saturated rings. The Morgan fingerprint density at radius 1 is 1.33 bits per heavy atom. The molecule has 0 radical (unpaired) electrons. The van der Waals surface area contributed by atoms with Crippen LogP contribution >= 0.6 is 0 Å². The standard InChI is InChI=1S/C22H31FN2O2/c1-6-7-8-9-16(3)22(21-19(23)12-15(2)13-20(21)27)24-11-10-17(4)25-14-18(5)26/h7-10,12-13,18,25-27H,6,11,14H2,1-5H3/b8-7-,16-9+,17-10+,24-22?. The molecular formula is C22H31FN2O2. The number of aryl methyl sites for hydroxylation is 1. The number of rotatable bonds is 9. The maximum Gasteiger partial charge on any atom is 0.136 e. The van der Waals surface area contributed by atoms with Crippen LogP contribution in [0.4, 0.5) is 4.39 Å². The predicted molar refractivity (Wildman–Crippen MR) is 111 cm³/mol. The molecule has 0 spiro atoms. The maximum atomic E-state index is 14.6. The minimum absolute atomic E-state index is 0.113. The third-order valence-electron chi connectivity index (χ3n) is 3.87. The van der Waals surface area contributed by atoms with Crippen molar-refractivity contribution in [3.8, 4) is 5.75 Å². The first-order valence-corrected chi connectivity index (χ1v) is 9.22. The molecule has 4 nitrogen and oxygen atoms in total. The summed E-state index contributed by atoms with van der Waals surface area (Å²) in [5.41, 5.74) is 2.83. The van der Waals surface area contributed by atoms with E-state index in [2.05, 4.69) is 10.3 Å². The zero-order valence-electron chi connectivity index (χ0n) is 16.9. The Hall–Kier alpha value is -2.40. The van der Waals surface area contributed by atoms with E-state index < -0.39 is 11.9 Å². The Morgan fingerprint density at radius 3 is 2.63 bits per heavy atom. The number of halogens is 1. The van der Waals surface area contributed by atoms with Gasteiger partial charge in [-0.05, 0) is 63.5 Å². The fourth-order valence-corrected chi connectivity index (χ4v) is 2.44. The van der Waals surface area contributed by atoms with Gasteiger partial charge in [-0.3, -0.25) is 4.99 Å². The summed E-state index contributed by atoms with van der Waals surface area (Å²) in [5.74, 6) is -0.613. The first kappa shape index (κ1) is 22.6. The molecule has 1 unspecified atom stereocenters. The molecule has 0 heterocycles. The summed E-state index contributed by atoms with van der Waals surface area (Å²) in [7, 11) is 0. The van der Waals surface area contributed by atoms with Gasteiger partial charge in [-0.2, -0.15) is 0 Å². The van der Waals surface area contributed by atoms with E-state index in [1.165, 1.54) is 12.1 Å². The quantitative estimate of drug-likeness (QED) is 0.443. The number of aliphatic imine (C=N–C) groups is 1. The van der Waals surface area contributed by atoms with E-state index in [-0.39, 0.29) is 11.3 Å². The summed E-state index contributed by atoms with van der Waals surface area (Å²) < 4.78 is 14.6. The number of phenolic OH excluding ortho intramolecular Hbond substituents is 1. The molecule has 1 aromatic carbocycles. The van der Waals surface area contributed by atoms with Gasteiger partial charge in [0.25, 0.3) is 0 Å². The number of allylic oxidation sites excluding steroid dienone is 5. The fraction of sp³-hybridized carbons (Fsp3) is 0.409. The maximum absolute atomic E-state index is 14.6. The van der Waals surface area contributed by atoms with Gasteiger partial charge in [0.1, 0.15) is 11.6 Å². The SMILES string of the molecule is CC/C=C\C=C(/C)C(=NC/C=C(\C)NCC(C)O)c1c(O)cc(C)cc1F. The van der Waals surface area contributed by atoms with Gasteiger partial charge >= 0.3 is 0 Å². The monoisotopic (exact) mass is 374 g/mol. The van der Waals surface area contributed by atoms with E-state index in [0.29, 0.717) is 24.4 Å². The van der Waals surface area contributed by atoms with E-state index in [9.17, 15) is 14.6 Å². The average Bonchev–Trinajstić information content (AvgIpc) is 2.57. The number of benzene rings is 1. The molecule has 0 aromatic heterocycles. The normalized spacial score (nSPS) is 14.7. The number of hydrogen-bond donors (Lipinski definition) is 3. The van der Waals surface area contributed by atoms with Crippen molar-refractivity contribution in [2.75, 3.05) is 13.1 Å². The van der Waals surface area contributed by atoms with Gasteiger partial charge in [0, 0.05) is 12.2 Å². The molecule has 1 atom stereocenters. The summed E-state index contributed by atoms with van der Waals surface area (Å²) in [6, 6.07) is 2.93. The Bertz CT molecular complexity index is 724. The van der Waals surface area contributed by atoms with Crippen LogP contribution < -0.4 is 5.32 Å². The number of aliphatic hydroxyl groups excluding tert-OH is 1. The van der Waals surface area contributed by atoms with Crippen LogP contribution in [0.25, 0.3) is 0 Å². The number of phenols is 1. The molecule has 3 N–H and O–H groups in total. The van der Waals surface area contributed by atoms with Crippen LogP contribution in [-0.4, -0.2) is 35.1 Å². The summed E-state index contributed by atoms with van der Waals surface area (Å²) in [4.78, 5) is 4.53. The molecule has 27 heavy (non-hydrogen) atoms. The van der Waals surface area contributed by atoms with Gasteiger partial charge < -0.3 is 15.5 Å². The average molecular weight is 375 g/mol. The zero-order chi connectivity index (χ0) is 20.4. The van der Waals surface area contributed by atoms with Crippen LogP contribution in [0.2, 0.25) is 0 Å². The fourth-order valence-electron chi connectivity index (χ4n) is 2.44. The Balaban J connectivity index is 3.22. The van der Waals surface area contributed by atoms with Crippen LogP contribution in [0.3, 0.4) is 0 Å². The van der Waals surface area contributed by atoms with Crippen molar-refractivity contribution in [1.82, 2.24) is 5.32 Å². The second kappa shape index (κ2) is 11.3. The molecular weight excluding hydrogens is 343 g/mol. The minimum atomic E-state index is -0.494. The smallest absolute Gasteiger partial charge is 0.136 e. The van der Waals surface area contributed by atoms with Crippen LogP contribution in [0, 0.1) is 12.7 Å². The first-order valence-electron chi connectivity index (χ1n) is 9.22. The van der Waals surface area contributed by atoms with Crippen LogP contribution in [0.15, 0.2) is 52.7 Å². The highest BCUT2D eigenvalue weighted by molar-refractivity contribution is 6.14. The van der Waals surface area contributed by atoms with Crippen LogP contribution in [0.1, 0.15) is 45.2 Å². The van der Waals surface area contributed by atoms with E-state index >= 15 is 0 Å². The van der Waals surface area contributed by atoms with Crippen molar-refractivity contribution in [3.05, 3.63) is 64.7 Å². The number of hydrogen-bond acceptors (Lipinski definition) is 4. The molecule has 0 amide bonds. The zero-order valence-corrected chi connectivity index (χ0v) is 16.9. The highest BCUT2D eigenvalue weighted by atomic mass is 19.1. The van der Waals surface area contributed by atoms with Crippen molar-refractivity contribution in [2.45, 2.75) is 47.1 Å². The Labute approximate surface area is 161 Å². The lowest BCUT2D eigenvalue weighted by molar-refractivity contribution is 0.195. The number of nitrogens with zero attached hydrogens (tertiary/aromatic N) is 1. The molecule has 0 aliphatic heterocycles. The van der Waals surface area contributed by atoms with Crippen LogP contribution in [-0.2, 0) is 0 Å². The molecule has 0 saturated heterocycles. The number of aliphatic hydroxyl groups is 1. The van der Waals surface area contributed by atoms with Gasteiger partial charge in [-0.15, -0.1) is 0 Å². The summed E-state index contributed by atoms with van der Waals surface area (Å²) >= 11 is 0. The lowest BCUT2D eigenvalue weighted by Crippen LogP contribution is -2.22. The highest BCUT2D eigenvalue weighted by Crippen LogP contribution is 2.26. The second-order valence-corrected chi connectivity index (χ2v) is 6.63. The largest absolute Gasteiger partial charge is 0.507 e. The van der Waals surface area contributed by atoms with Gasteiger partial charge in [0.15, 0.2) is 0 Å². The van der Waals surface area contributed by atoms with Gasteiger partial charge in [-0.25, -0.2) is 4.39 Å². The van der Waals surface area contributed by atoms with Crippen LogP contribution in [0.5, 0.6) is 5.75 Å². The first-order chi connectivity index (χ1) is 12.8. The third-order valence-corrected chi connectivity index (χ3v) is 3.87. The van der Waals surface area contributed by atoms with Gasteiger partial charge in [-0.1, -0.05) is 25.2 Å². The Morgan fingerprint density at radius 2 is 2.04 bits per heavy atom. The summed E-state index contributed by atoms with van der Waals surface area (Å²) in [6.07, 6.45) is 8.08.